The fraction of sp³-hybridized carbons (Fsp3) is 0.800. The first-order valence-electron chi connectivity index (χ1n) is 5.16. The molecule has 0 rings (SSSR count). The summed E-state index contributed by atoms with van der Waals surface area (Å²) in [4.78, 5) is 22.2. The fourth-order valence-corrected chi connectivity index (χ4v) is 1.13. The number of hydrogen-bond donors (Lipinski definition) is 3. The van der Waals surface area contributed by atoms with Crippen molar-refractivity contribution in [3.05, 3.63) is 0 Å². The number of nitrogens with one attached hydrogen (secondary N) is 1. The van der Waals surface area contributed by atoms with Crippen molar-refractivity contribution in [2.24, 2.45) is 11.7 Å². The molecule has 0 aromatic carbocycles. The van der Waals surface area contributed by atoms with Gasteiger partial charge in [-0.25, -0.2) is 4.79 Å². The summed E-state index contributed by atoms with van der Waals surface area (Å²) in [6, 6.07) is -1.03. The number of carbonyl (C=O) groups excluding carboxylic acids is 1. The highest BCUT2D eigenvalue weighted by molar-refractivity contribution is 5.83. The highest BCUT2D eigenvalue weighted by atomic mass is 16.4. The molecule has 0 heterocycles. The molecule has 88 valence electrons. The molecule has 0 aromatic heterocycles. The number of hydrogen-bond acceptors (Lipinski definition) is 3. The maximum Gasteiger partial charge on any atom is 0.326 e. The van der Waals surface area contributed by atoms with Crippen LogP contribution in [0.5, 0.6) is 0 Å². The Morgan fingerprint density at radius 3 is 2.27 bits per heavy atom. The van der Waals surface area contributed by atoms with Crippen LogP contribution >= 0.6 is 0 Å². The minimum Gasteiger partial charge on any atom is -0.480 e. The SMILES string of the molecule is CCC(N)CC(=O)NC(C(=O)O)C(C)C. The van der Waals surface area contributed by atoms with E-state index in [1.54, 1.807) is 13.8 Å². The molecular weight excluding hydrogens is 196 g/mol. The predicted octanol–water partition coefficient (Wildman–Crippen LogP) is 0.339. The Bertz CT molecular complexity index is 229. The Morgan fingerprint density at radius 1 is 1.40 bits per heavy atom. The van der Waals surface area contributed by atoms with E-state index in [4.69, 9.17) is 10.8 Å². The van der Waals surface area contributed by atoms with Crippen molar-refractivity contribution < 1.29 is 14.7 Å². The van der Waals surface area contributed by atoms with Crippen LogP contribution in [0, 0.1) is 5.92 Å². The molecule has 1 amide bonds. The van der Waals surface area contributed by atoms with Crippen molar-refractivity contribution >= 4 is 11.9 Å². The molecule has 2 unspecified atom stereocenters. The van der Waals surface area contributed by atoms with Crippen molar-refractivity contribution in [1.29, 1.82) is 0 Å². The number of carboxylic acids is 1. The van der Waals surface area contributed by atoms with E-state index in [1.807, 2.05) is 6.92 Å². The predicted molar refractivity (Wildman–Crippen MR) is 57.3 cm³/mol. The van der Waals surface area contributed by atoms with Gasteiger partial charge in [0.2, 0.25) is 5.91 Å². The first kappa shape index (κ1) is 13.9. The van der Waals surface area contributed by atoms with Gasteiger partial charge in [-0.15, -0.1) is 0 Å². The van der Waals surface area contributed by atoms with Gasteiger partial charge in [0, 0.05) is 12.5 Å². The van der Waals surface area contributed by atoms with Crippen LogP contribution in [0.15, 0.2) is 0 Å². The average molecular weight is 216 g/mol. The smallest absolute Gasteiger partial charge is 0.326 e. The van der Waals surface area contributed by atoms with Crippen LogP contribution in [0.3, 0.4) is 0 Å². The van der Waals surface area contributed by atoms with Crippen LogP contribution in [0.4, 0.5) is 0 Å². The van der Waals surface area contributed by atoms with Gasteiger partial charge in [-0.3, -0.25) is 4.79 Å². The number of nitrogens with two attached hydrogens (primary N) is 1. The Morgan fingerprint density at radius 2 is 1.93 bits per heavy atom. The van der Waals surface area contributed by atoms with Crippen LogP contribution < -0.4 is 11.1 Å². The number of amides is 1. The molecule has 0 bridgehead atoms. The van der Waals surface area contributed by atoms with Gasteiger partial charge >= 0.3 is 5.97 Å². The lowest BCUT2D eigenvalue weighted by atomic mass is 10.0. The van der Waals surface area contributed by atoms with E-state index < -0.39 is 12.0 Å². The zero-order chi connectivity index (χ0) is 12.0. The minimum absolute atomic E-state index is 0.135. The van der Waals surface area contributed by atoms with Gasteiger partial charge in [-0.2, -0.15) is 0 Å². The molecule has 5 heteroatoms. The van der Waals surface area contributed by atoms with Gasteiger partial charge in [0.15, 0.2) is 0 Å². The number of aliphatic carboxylic acids is 1. The molecule has 0 aliphatic rings. The summed E-state index contributed by atoms with van der Waals surface area (Å²) in [5.74, 6) is -1.45. The van der Waals surface area contributed by atoms with Crippen LogP contribution in [0.25, 0.3) is 0 Å². The Balaban J connectivity index is 4.18. The Kier molecular flexibility index (Phi) is 5.93. The molecule has 0 fully saturated rings. The summed E-state index contributed by atoms with van der Waals surface area (Å²) in [6.07, 6.45) is 0.875. The van der Waals surface area contributed by atoms with Gasteiger partial charge in [0.05, 0.1) is 0 Å². The lowest BCUT2D eigenvalue weighted by Crippen LogP contribution is -2.45. The molecule has 0 spiro atoms. The van der Waals surface area contributed by atoms with E-state index in [0.29, 0.717) is 6.42 Å². The van der Waals surface area contributed by atoms with Gasteiger partial charge in [0.25, 0.3) is 0 Å². The summed E-state index contributed by atoms with van der Waals surface area (Å²) in [6.45, 7) is 5.38. The third kappa shape index (κ3) is 5.37. The highest BCUT2D eigenvalue weighted by Gasteiger charge is 2.23. The normalized spacial score (nSPS) is 14.7. The van der Waals surface area contributed by atoms with Crippen LogP contribution in [0.1, 0.15) is 33.6 Å². The summed E-state index contributed by atoms with van der Waals surface area (Å²) in [5, 5.41) is 11.3. The molecular formula is C10H20N2O3. The number of carbonyl (C=O) groups is 2. The van der Waals surface area contributed by atoms with Gasteiger partial charge in [0.1, 0.15) is 6.04 Å². The molecule has 0 aromatic rings. The van der Waals surface area contributed by atoms with Crippen molar-refractivity contribution in [3.8, 4) is 0 Å². The van der Waals surface area contributed by atoms with E-state index in [-0.39, 0.29) is 24.3 Å². The minimum atomic E-state index is -1.01. The first-order valence-corrected chi connectivity index (χ1v) is 5.16. The highest BCUT2D eigenvalue weighted by Crippen LogP contribution is 2.03. The second-order valence-corrected chi connectivity index (χ2v) is 4.00. The van der Waals surface area contributed by atoms with E-state index in [9.17, 15) is 9.59 Å². The fourth-order valence-electron chi connectivity index (χ4n) is 1.13. The molecule has 0 saturated heterocycles. The molecule has 4 N–H and O–H groups in total. The molecule has 15 heavy (non-hydrogen) atoms. The number of carboxylic acid groups (broad SMARTS) is 1. The van der Waals surface area contributed by atoms with Crippen LogP contribution in [-0.4, -0.2) is 29.1 Å². The van der Waals surface area contributed by atoms with E-state index in [1.165, 1.54) is 0 Å². The van der Waals surface area contributed by atoms with Crippen LogP contribution in [-0.2, 0) is 9.59 Å². The molecule has 2 atom stereocenters. The van der Waals surface area contributed by atoms with Crippen molar-refractivity contribution in [2.45, 2.75) is 45.7 Å². The van der Waals surface area contributed by atoms with E-state index in [0.717, 1.165) is 0 Å². The number of rotatable bonds is 6. The van der Waals surface area contributed by atoms with Crippen molar-refractivity contribution in [1.82, 2.24) is 5.32 Å². The van der Waals surface area contributed by atoms with Crippen molar-refractivity contribution in [2.75, 3.05) is 0 Å². The molecule has 0 saturated carbocycles. The molecule has 0 radical (unpaired) electrons. The maximum absolute atomic E-state index is 11.4. The van der Waals surface area contributed by atoms with E-state index in [2.05, 4.69) is 5.32 Å². The zero-order valence-corrected chi connectivity index (χ0v) is 9.49. The monoisotopic (exact) mass is 216 g/mol. The first-order chi connectivity index (χ1) is 6.88. The maximum atomic E-state index is 11.4. The van der Waals surface area contributed by atoms with Gasteiger partial charge in [-0.1, -0.05) is 20.8 Å². The summed E-state index contributed by atoms with van der Waals surface area (Å²) in [5.41, 5.74) is 5.59. The second-order valence-electron chi connectivity index (χ2n) is 4.00. The van der Waals surface area contributed by atoms with Crippen LogP contribution in [0.2, 0.25) is 0 Å². The summed E-state index contributed by atoms with van der Waals surface area (Å²) in [7, 11) is 0. The Labute approximate surface area is 90.0 Å². The van der Waals surface area contributed by atoms with Gasteiger partial charge < -0.3 is 16.2 Å². The zero-order valence-electron chi connectivity index (χ0n) is 9.49. The van der Waals surface area contributed by atoms with Crippen molar-refractivity contribution in [3.63, 3.8) is 0 Å². The quantitative estimate of drug-likeness (QED) is 0.597. The molecule has 0 aliphatic carbocycles. The Hall–Kier alpha value is -1.10. The average Bonchev–Trinajstić information content (AvgIpc) is 2.12. The summed E-state index contributed by atoms with van der Waals surface area (Å²) < 4.78 is 0. The third-order valence-electron chi connectivity index (χ3n) is 2.22. The second kappa shape index (κ2) is 6.40. The van der Waals surface area contributed by atoms with Gasteiger partial charge in [-0.05, 0) is 12.3 Å². The lowest BCUT2D eigenvalue weighted by molar-refractivity contribution is -0.143. The molecule has 5 nitrogen and oxygen atoms in total. The third-order valence-corrected chi connectivity index (χ3v) is 2.22. The summed E-state index contributed by atoms with van der Waals surface area (Å²) >= 11 is 0. The van der Waals surface area contributed by atoms with E-state index >= 15 is 0 Å². The largest absolute Gasteiger partial charge is 0.480 e. The topological polar surface area (TPSA) is 92.4 Å². The lowest BCUT2D eigenvalue weighted by Gasteiger charge is -2.18. The standard InChI is InChI=1S/C10H20N2O3/c1-4-7(11)5-8(13)12-9(6(2)3)10(14)15/h6-7,9H,4-5,11H2,1-3H3,(H,12,13)(H,14,15). The molecule has 0 aliphatic heterocycles.